The average Bonchev–Trinajstić information content (AvgIpc) is 3.35. The van der Waals surface area contributed by atoms with Crippen molar-refractivity contribution >= 4 is 32.6 Å². The molecular formula is C28H43N5OS. The van der Waals surface area contributed by atoms with Gasteiger partial charge >= 0.3 is 0 Å². The highest BCUT2D eigenvalue weighted by atomic mass is 32.1. The molecule has 0 saturated carbocycles. The van der Waals surface area contributed by atoms with Gasteiger partial charge in [-0.15, -0.1) is 0 Å². The fraction of sp³-hybridized carbons (Fsp3) is 0.714. The highest BCUT2D eigenvalue weighted by Gasteiger charge is 2.27. The maximum absolute atomic E-state index is 12.8. The van der Waals surface area contributed by atoms with Crippen LogP contribution in [0.25, 0.3) is 10.2 Å². The molecule has 1 amide bonds. The van der Waals surface area contributed by atoms with Gasteiger partial charge in [-0.1, -0.05) is 30.7 Å². The van der Waals surface area contributed by atoms with Gasteiger partial charge in [0.25, 0.3) is 0 Å². The zero-order chi connectivity index (χ0) is 24.0. The fourth-order valence-corrected chi connectivity index (χ4v) is 7.18. The lowest BCUT2D eigenvalue weighted by Gasteiger charge is -2.40. The van der Waals surface area contributed by atoms with Crippen LogP contribution in [0.1, 0.15) is 63.9 Å². The van der Waals surface area contributed by atoms with Gasteiger partial charge in [0.1, 0.15) is 0 Å². The molecule has 3 aliphatic rings. The lowest BCUT2D eigenvalue weighted by Crippen LogP contribution is -2.47. The fourth-order valence-electron chi connectivity index (χ4n) is 6.10. The van der Waals surface area contributed by atoms with Crippen LogP contribution in [-0.2, 0) is 11.2 Å². The molecule has 0 spiro atoms. The Morgan fingerprint density at radius 3 is 2.54 bits per heavy atom. The van der Waals surface area contributed by atoms with E-state index in [1.54, 1.807) is 11.3 Å². The van der Waals surface area contributed by atoms with E-state index in [9.17, 15) is 4.79 Å². The third-order valence-electron chi connectivity index (χ3n) is 8.40. The van der Waals surface area contributed by atoms with Gasteiger partial charge in [0, 0.05) is 31.6 Å². The second-order valence-corrected chi connectivity index (χ2v) is 11.7. The highest BCUT2D eigenvalue weighted by Crippen LogP contribution is 2.32. The minimum atomic E-state index is 0.146. The van der Waals surface area contributed by atoms with Crippen molar-refractivity contribution in [3.63, 3.8) is 0 Å². The lowest BCUT2D eigenvalue weighted by atomic mass is 9.96. The van der Waals surface area contributed by atoms with E-state index in [-0.39, 0.29) is 11.8 Å². The molecule has 0 radical (unpaired) electrons. The first-order chi connectivity index (χ1) is 17.2. The number of likely N-dealkylation sites (tertiary alicyclic amines) is 2. The smallest absolute Gasteiger partial charge is 0.223 e. The molecule has 1 aromatic carbocycles. The summed E-state index contributed by atoms with van der Waals surface area (Å²) >= 11 is 1.79. The average molecular weight is 498 g/mol. The van der Waals surface area contributed by atoms with Gasteiger partial charge in [0.05, 0.1) is 10.2 Å². The monoisotopic (exact) mass is 497 g/mol. The summed E-state index contributed by atoms with van der Waals surface area (Å²) in [5.41, 5.74) is 2.46. The number of thiazole rings is 1. The highest BCUT2D eigenvalue weighted by molar-refractivity contribution is 7.22. The Hall–Kier alpha value is -1.70. The molecule has 2 aromatic rings. The van der Waals surface area contributed by atoms with Crippen molar-refractivity contribution in [3.05, 3.63) is 23.8 Å². The number of benzene rings is 1. The van der Waals surface area contributed by atoms with Crippen LogP contribution in [0.15, 0.2) is 18.2 Å². The Labute approximate surface area is 215 Å². The van der Waals surface area contributed by atoms with Crippen LogP contribution in [0.3, 0.4) is 0 Å². The number of aryl methyl sites for hydroxylation is 1. The Morgan fingerprint density at radius 2 is 1.80 bits per heavy atom. The van der Waals surface area contributed by atoms with E-state index in [0.29, 0.717) is 0 Å². The summed E-state index contributed by atoms with van der Waals surface area (Å²) in [6.45, 7) is 11.0. The first kappa shape index (κ1) is 25.0. The number of hydrogen-bond acceptors (Lipinski definition) is 6. The molecule has 4 heterocycles. The van der Waals surface area contributed by atoms with E-state index < -0.39 is 0 Å². The number of amides is 1. The van der Waals surface area contributed by atoms with Gasteiger partial charge in [-0.2, -0.15) is 0 Å². The maximum atomic E-state index is 12.8. The summed E-state index contributed by atoms with van der Waals surface area (Å²) in [6, 6.07) is 7.41. The molecule has 7 heteroatoms. The van der Waals surface area contributed by atoms with Crippen molar-refractivity contribution in [2.75, 3.05) is 57.3 Å². The number of carbonyl (C=O) groups is 1. The first-order valence-electron chi connectivity index (χ1n) is 14.1. The van der Waals surface area contributed by atoms with E-state index in [1.807, 2.05) is 0 Å². The van der Waals surface area contributed by atoms with Gasteiger partial charge in [-0.05, 0) is 102 Å². The largest absolute Gasteiger partial charge is 0.356 e. The van der Waals surface area contributed by atoms with Crippen LogP contribution < -0.4 is 10.2 Å². The number of piperidine rings is 3. The molecule has 0 aliphatic carbocycles. The Kier molecular flexibility index (Phi) is 8.58. The number of rotatable bonds is 8. The molecule has 1 N–H and O–H groups in total. The quantitative estimate of drug-likeness (QED) is 0.543. The summed E-state index contributed by atoms with van der Waals surface area (Å²) in [7, 11) is 0. The summed E-state index contributed by atoms with van der Waals surface area (Å²) in [5, 5.41) is 4.34. The molecule has 3 fully saturated rings. The van der Waals surface area contributed by atoms with Crippen molar-refractivity contribution in [2.24, 2.45) is 5.92 Å². The molecule has 1 aromatic heterocycles. The van der Waals surface area contributed by atoms with E-state index in [4.69, 9.17) is 4.98 Å². The van der Waals surface area contributed by atoms with Crippen molar-refractivity contribution in [2.45, 2.75) is 70.8 Å². The molecule has 35 heavy (non-hydrogen) atoms. The van der Waals surface area contributed by atoms with E-state index >= 15 is 0 Å². The van der Waals surface area contributed by atoms with E-state index in [2.05, 4.69) is 45.1 Å². The van der Waals surface area contributed by atoms with Crippen molar-refractivity contribution in [1.82, 2.24) is 20.1 Å². The van der Waals surface area contributed by atoms with Gasteiger partial charge in [-0.25, -0.2) is 4.98 Å². The van der Waals surface area contributed by atoms with Gasteiger partial charge in [-0.3, -0.25) is 4.79 Å². The van der Waals surface area contributed by atoms with Gasteiger partial charge in [0.15, 0.2) is 5.13 Å². The van der Waals surface area contributed by atoms with Crippen molar-refractivity contribution in [1.29, 1.82) is 0 Å². The lowest BCUT2D eigenvalue weighted by molar-refractivity contribution is -0.125. The molecule has 3 aliphatic heterocycles. The zero-order valence-electron chi connectivity index (χ0n) is 21.5. The van der Waals surface area contributed by atoms with Gasteiger partial charge in [0.2, 0.25) is 5.91 Å². The van der Waals surface area contributed by atoms with Crippen LogP contribution in [0, 0.1) is 5.92 Å². The number of aromatic nitrogens is 1. The maximum Gasteiger partial charge on any atom is 0.223 e. The molecule has 0 bridgehead atoms. The Morgan fingerprint density at radius 1 is 1.03 bits per heavy atom. The third-order valence-corrected chi connectivity index (χ3v) is 9.48. The minimum Gasteiger partial charge on any atom is -0.356 e. The third kappa shape index (κ3) is 6.36. The minimum absolute atomic E-state index is 0.146. The number of nitrogens with one attached hydrogen (secondary N) is 1. The van der Waals surface area contributed by atoms with Crippen molar-refractivity contribution < 1.29 is 4.79 Å². The van der Waals surface area contributed by atoms with E-state index in [0.717, 1.165) is 68.6 Å². The molecular weight excluding hydrogens is 454 g/mol. The van der Waals surface area contributed by atoms with Gasteiger partial charge < -0.3 is 20.0 Å². The van der Waals surface area contributed by atoms with Crippen LogP contribution in [0.5, 0.6) is 0 Å². The molecule has 6 nitrogen and oxygen atoms in total. The molecule has 0 unspecified atom stereocenters. The normalized spacial score (nSPS) is 21.6. The van der Waals surface area contributed by atoms with Crippen LogP contribution >= 0.6 is 11.3 Å². The Balaban J connectivity index is 0.982. The second-order valence-electron chi connectivity index (χ2n) is 10.7. The Bertz CT molecular complexity index is 955. The van der Waals surface area contributed by atoms with Crippen molar-refractivity contribution in [3.8, 4) is 0 Å². The summed E-state index contributed by atoms with van der Waals surface area (Å²) in [6.07, 6.45) is 10.8. The molecule has 5 rings (SSSR count). The van der Waals surface area contributed by atoms with Crippen LogP contribution in [0.2, 0.25) is 0 Å². The van der Waals surface area contributed by atoms with E-state index in [1.165, 1.54) is 68.5 Å². The predicted octanol–water partition coefficient (Wildman–Crippen LogP) is 4.53. The van der Waals surface area contributed by atoms with Crippen LogP contribution in [-0.4, -0.2) is 79.1 Å². The van der Waals surface area contributed by atoms with Crippen LogP contribution in [0.4, 0.5) is 5.13 Å². The second kappa shape index (κ2) is 12.0. The SMILES string of the molecule is CCc1ccc2nc(N3CCC(C(=O)NCCCN4CCC(N5CCCCC5)CC4)CC3)sc2c1. The number of nitrogens with zero attached hydrogens (tertiary/aromatic N) is 4. The zero-order valence-corrected chi connectivity index (χ0v) is 22.3. The number of anilines is 1. The predicted molar refractivity (Wildman–Crippen MR) is 146 cm³/mol. The topological polar surface area (TPSA) is 51.7 Å². The standard InChI is InChI=1S/C28H43N5OS/c1-2-22-7-8-25-26(21-22)35-28(30-25)33-19-9-23(10-20-33)27(34)29-13-6-14-31-17-11-24(12-18-31)32-15-4-3-5-16-32/h7-8,21,23-24H,2-6,9-20H2,1H3,(H,29,34). The number of carbonyl (C=O) groups excluding carboxylic acids is 1. The first-order valence-corrected chi connectivity index (χ1v) is 14.9. The molecule has 192 valence electrons. The summed E-state index contributed by atoms with van der Waals surface area (Å²) < 4.78 is 1.27. The summed E-state index contributed by atoms with van der Waals surface area (Å²) in [4.78, 5) is 25.3. The summed E-state index contributed by atoms with van der Waals surface area (Å²) in [5.74, 6) is 0.401. The molecule has 0 atom stereocenters. The number of fused-ring (bicyclic) bond motifs is 1. The number of hydrogen-bond donors (Lipinski definition) is 1. The molecule has 3 saturated heterocycles.